The van der Waals surface area contributed by atoms with Crippen molar-refractivity contribution in [1.29, 1.82) is 0 Å². The Kier molecular flexibility index (Phi) is 7.88. The lowest BCUT2D eigenvalue weighted by Gasteiger charge is -2.10. The van der Waals surface area contributed by atoms with Gasteiger partial charge in [-0.15, -0.1) is 0 Å². The van der Waals surface area contributed by atoms with Crippen LogP contribution in [0.1, 0.15) is 12.8 Å². The summed E-state index contributed by atoms with van der Waals surface area (Å²) in [6, 6.07) is 0. The molecule has 14 heavy (non-hydrogen) atoms. The molecule has 0 saturated carbocycles. The van der Waals surface area contributed by atoms with Crippen LogP contribution in [-0.4, -0.2) is 34.0 Å². The van der Waals surface area contributed by atoms with E-state index >= 15 is 0 Å². The van der Waals surface area contributed by atoms with Crippen molar-refractivity contribution in [3.63, 3.8) is 0 Å². The lowest BCUT2D eigenvalue weighted by molar-refractivity contribution is -0.141. The van der Waals surface area contributed by atoms with Crippen LogP contribution in [0.5, 0.6) is 0 Å². The first kappa shape index (κ1) is 14.4. The Hall–Kier alpha value is 0.400. The normalized spacial score (nSPS) is 14.3. The van der Waals surface area contributed by atoms with Gasteiger partial charge in [-0.25, -0.2) is 0 Å². The fraction of sp³-hybridized carbons (Fsp3) is 0.750. The summed E-state index contributed by atoms with van der Waals surface area (Å²) in [6.45, 7) is 0. The number of carbonyl (C=O) groups excluding carboxylic acids is 2. The lowest BCUT2D eigenvalue weighted by atomic mass is 10.2. The van der Waals surface area contributed by atoms with Crippen LogP contribution in [0.4, 0.5) is 0 Å². The average molecular weight is 426 g/mol. The third-order valence-corrected chi connectivity index (χ3v) is 3.85. The predicted octanol–water partition coefficient (Wildman–Crippen LogP) is 1.72. The molecule has 0 aliphatic carbocycles. The van der Waals surface area contributed by atoms with Gasteiger partial charge >= 0.3 is 11.9 Å². The third kappa shape index (κ3) is 5.32. The number of halogens is 2. The van der Waals surface area contributed by atoms with Gasteiger partial charge in [0.1, 0.15) is 7.85 Å². The van der Waals surface area contributed by atoms with Crippen LogP contribution in [0, 0.1) is 0 Å². The Balaban J connectivity index is 3.82. The van der Waals surface area contributed by atoms with Crippen LogP contribution in [0.3, 0.4) is 0 Å². The van der Waals surface area contributed by atoms with Crippen molar-refractivity contribution in [2.24, 2.45) is 0 Å². The molecule has 0 N–H and O–H groups in total. The Morgan fingerprint density at radius 3 is 1.50 bits per heavy atom. The highest BCUT2D eigenvalue weighted by atomic mass is 127. The summed E-state index contributed by atoms with van der Waals surface area (Å²) in [5.74, 6) is -0.502. The molecule has 2 atom stereocenters. The first-order valence-corrected chi connectivity index (χ1v) is 6.45. The standard InChI is InChI=1S/C8H12I2O4/c1-13-7(11)5(9)3-4-6(10)8(12)14-2/h5-6H,3-4H2,1-2H3. The van der Waals surface area contributed by atoms with Gasteiger partial charge in [0.25, 0.3) is 0 Å². The molecular weight excluding hydrogens is 414 g/mol. The summed E-state index contributed by atoms with van der Waals surface area (Å²) in [5, 5.41) is 0. The smallest absolute Gasteiger partial charge is 0.318 e. The van der Waals surface area contributed by atoms with Gasteiger partial charge in [-0.1, -0.05) is 45.2 Å². The summed E-state index contributed by atoms with van der Waals surface area (Å²) in [4.78, 5) is 22.0. The van der Waals surface area contributed by atoms with Gasteiger partial charge in [0.2, 0.25) is 0 Å². The second-order valence-corrected chi connectivity index (χ2v) is 5.57. The lowest BCUT2D eigenvalue weighted by Crippen LogP contribution is -2.20. The van der Waals surface area contributed by atoms with Gasteiger partial charge in [-0.2, -0.15) is 0 Å². The number of hydrogen-bond donors (Lipinski definition) is 0. The summed E-state index contributed by atoms with van der Waals surface area (Å²) in [6.07, 6.45) is 1.24. The molecule has 0 aromatic carbocycles. The van der Waals surface area contributed by atoms with E-state index in [2.05, 4.69) is 9.47 Å². The molecule has 0 aromatic heterocycles. The van der Waals surface area contributed by atoms with Crippen molar-refractivity contribution in [1.82, 2.24) is 0 Å². The van der Waals surface area contributed by atoms with Crippen LogP contribution in [0.25, 0.3) is 0 Å². The zero-order valence-corrected chi connectivity index (χ0v) is 12.3. The Morgan fingerprint density at radius 1 is 1.00 bits per heavy atom. The first-order chi connectivity index (χ1) is 6.52. The van der Waals surface area contributed by atoms with E-state index in [1.165, 1.54) is 14.2 Å². The maximum Gasteiger partial charge on any atom is 0.318 e. The van der Waals surface area contributed by atoms with E-state index in [1.54, 1.807) is 0 Å². The molecule has 0 spiro atoms. The molecule has 0 amide bonds. The number of methoxy groups -OCH3 is 2. The molecular formula is C8H12I2O4. The van der Waals surface area contributed by atoms with Crippen molar-refractivity contribution in [3.8, 4) is 0 Å². The Labute approximate surface area is 110 Å². The van der Waals surface area contributed by atoms with Crippen molar-refractivity contribution in [2.45, 2.75) is 20.7 Å². The molecule has 0 aliphatic rings. The fourth-order valence-electron chi connectivity index (χ4n) is 0.784. The molecule has 0 saturated heterocycles. The Morgan fingerprint density at radius 2 is 1.29 bits per heavy atom. The highest BCUT2D eigenvalue weighted by Crippen LogP contribution is 2.17. The van der Waals surface area contributed by atoms with E-state index in [0.29, 0.717) is 12.8 Å². The summed E-state index contributed by atoms with van der Waals surface area (Å²) >= 11 is 4.01. The van der Waals surface area contributed by atoms with Crippen LogP contribution < -0.4 is 0 Å². The molecule has 0 aromatic rings. The molecule has 0 rings (SSSR count). The van der Waals surface area contributed by atoms with Crippen molar-refractivity contribution in [2.75, 3.05) is 14.2 Å². The maximum atomic E-state index is 11.0. The number of carbonyl (C=O) groups is 2. The Bertz CT molecular complexity index is 186. The SMILES string of the molecule is COC(=O)C(I)CCC(I)C(=O)OC. The third-order valence-electron chi connectivity index (χ3n) is 1.59. The van der Waals surface area contributed by atoms with Gasteiger partial charge in [0.05, 0.1) is 14.2 Å². The van der Waals surface area contributed by atoms with Gasteiger partial charge in [0, 0.05) is 0 Å². The zero-order chi connectivity index (χ0) is 11.1. The van der Waals surface area contributed by atoms with E-state index in [0.717, 1.165) is 0 Å². The monoisotopic (exact) mass is 426 g/mol. The number of hydrogen-bond acceptors (Lipinski definition) is 4. The molecule has 0 heterocycles. The minimum Gasteiger partial charge on any atom is -0.468 e. The van der Waals surface area contributed by atoms with Gasteiger partial charge in [-0.3, -0.25) is 9.59 Å². The summed E-state index contributed by atoms with van der Waals surface area (Å²) in [7, 11) is 2.71. The second-order valence-electron chi connectivity index (χ2n) is 2.56. The van der Waals surface area contributed by atoms with Crippen molar-refractivity contribution < 1.29 is 19.1 Å². The maximum absolute atomic E-state index is 11.0. The predicted molar refractivity (Wildman–Crippen MR) is 68.9 cm³/mol. The molecule has 6 heteroatoms. The number of alkyl halides is 2. The summed E-state index contributed by atoms with van der Waals surface area (Å²) < 4.78 is 8.74. The fourth-order valence-corrected chi connectivity index (χ4v) is 2.01. The highest BCUT2D eigenvalue weighted by molar-refractivity contribution is 14.1. The second kappa shape index (κ2) is 7.66. The van der Waals surface area contributed by atoms with Crippen LogP contribution in [0.2, 0.25) is 0 Å². The van der Waals surface area contributed by atoms with E-state index in [4.69, 9.17) is 0 Å². The minimum absolute atomic E-state index is 0.195. The minimum atomic E-state index is -0.251. The van der Waals surface area contributed by atoms with E-state index in [9.17, 15) is 9.59 Å². The number of rotatable bonds is 5. The molecule has 0 radical (unpaired) electrons. The average Bonchev–Trinajstić information content (AvgIpc) is 2.22. The largest absolute Gasteiger partial charge is 0.468 e. The van der Waals surface area contributed by atoms with E-state index < -0.39 is 0 Å². The van der Waals surface area contributed by atoms with E-state index in [1.807, 2.05) is 45.2 Å². The van der Waals surface area contributed by atoms with Gasteiger partial charge in [0.15, 0.2) is 0 Å². The summed E-state index contributed by atoms with van der Waals surface area (Å²) in [5.41, 5.74) is 0. The zero-order valence-electron chi connectivity index (χ0n) is 7.96. The quantitative estimate of drug-likeness (QED) is 0.382. The van der Waals surface area contributed by atoms with Crippen molar-refractivity contribution in [3.05, 3.63) is 0 Å². The molecule has 2 unspecified atom stereocenters. The molecule has 0 aliphatic heterocycles. The molecule has 82 valence electrons. The van der Waals surface area contributed by atoms with Crippen LogP contribution in [-0.2, 0) is 19.1 Å². The van der Waals surface area contributed by atoms with Gasteiger partial charge < -0.3 is 9.47 Å². The number of ether oxygens (including phenoxy) is 2. The molecule has 0 bridgehead atoms. The number of esters is 2. The van der Waals surface area contributed by atoms with Crippen molar-refractivity contribution >= 4 is 57.1 Å². The van der Waals surface area contributed by atoms with Gasteiger partial charge in [-0.05, 0) is 12.8 Å². The van der Waals surface area contributed by atoms with Crippen LogP contribution in [0.15, 0.2) is 0 Å². The van der Waals surface area contributed by atoms with E-state index in [-0.39, 0.29) is 19.8 Å². The van der Waals surface area contributed by atoms with Crippen LogP contribution >= 0.6 is 45.2 Å². The highest BCUT2D eigenvalue weighted by Gasteiger charge is 2.20. The molecule has 0 fully saturated rings. The topological polar surface area (TPSA) is 52.6 Å². The first-order valence-electron chi connectivity index (χ1n) is 3.96. The molecule has 4 nitrogen and oxygen atoms in total.